The highest BCUT2D eigenvalue weighted by Crippen LogP contribution is 2.38. The van der Waals surface area contributed by atoms with Gasteiger partial charge in [-0.1, -0.05) is 13.8 Å². The maximum absolute atomic E-state index is 14.2. The smallest absolute Gasteiger partial charge is 0.220 e. The molecule has 0 aliphatic rings. The molecule has 0 fully saturated rings. The first kappa shape index (κ1) is 15.0. The molecule has 0 unspecified atom stereocenters. The van der Waals surface area contributed by atoms with Gasteiger partial charge in [-0.25, -0.2) is 14.4 Å². The number of anilines is 1. The fourth-order valence-corrected chi connectivity index (χ4v) is 2.65. The van der Waals surface area contributed by atoms with Crippen molar-refractivity contribution in [3.05, 3.63) is 41.8 Å². The molecule has 0 saturated carbocycles. The number of aromatic hydroxyl groups is 2. The number of benzene rings is 2. The Morgan fingerprint density at radius 1 is 1.04 bits per heavy atom. The van der Waals surface area contributed by atoms with Gasteiger partial charge in [0.2, 0.25) is 5.95 Å². The first-order valence-corrected chi connectivity index (χ1v) is 7.15. The molecule has 4 N–H and O–H groups in total. The molecule has 5 nitrogen and oxygen atoms in total. The Morgan fingerprint density at radius 3 is 2.26 bits per heavy atom. The lowest BCUT2D eigenvalue weighted by molar-refractivity contribution is 0.434. The molecule has 1 aromatic heterocycles. The third-order valence-electron chi connectivity index (χ3n) is 3.72. The second-order valence-electron chi connectivity index (χ2n) is 5.70. The van der Waals surface area contributed by atoms with E-state index >= 15 is 0 Å². The fourth-order valence-electron chi connectivity index (χ4n) is 2.65. The van der Waals surface area contributed by atoms with Crippen LogP contribution < -0.4 is 5.73 Å². The van der Waals surface area contributed by atoms with Gasteiger partial charge in [0, 0.05) is 11.8 Å². The summed E-state index contributed by atoms with van der Waals surface area (Å²) in [5, 5.41) is 20.5. The van der Waals surface area contributed by atoms with Crippen LogP contribution in [0.4, 0.5) is 10.3 Å². The lowest BCUT2D eigenvalue weighted by atomic mass is 9.96. The largest absolute Gasteiger partial charge is 0.507 e. The van der Waals surface area contributed by atoms with E-state index in [1.54, 1.807) is 6.07 Å². The molecular formula is C17H16FN3O2. The van der Waals surface area contributed by atoms with Gasteiger partial charge in [-0.3, -0.25) is 0 Å². The minimum atomic E-state index is -0.496. The third kappa shape index (κ3) is 2.63. The molecule has 3 aromatic rings. The molecule has 118 valence electrons. The van der Waals surface area contributed by atoms with E-state index in [4.69, 9.17) is 5.73 Å². The van der Waals surface area contributed by atoms with Crippen LogP contribution in [-0.4, -0.2) is 20.2 Å². The molecular weight excluding hydrogens is 297 g/mol. The minimum absolute atomic E-state index is 0.0299. The van der Waals surface area contributed by atoms with E-state index in [1.165, 1.54) is 24.4 Å². The highest BCUT2D eigenvalue weighted by atomic mass is 19.1. The quantitative estimate of drug-likeness (QED) is 0.673. The van der Waals surface area contributed by atoms with E-state index in [0.29, 0.717) is 22.2 Å². The summed E-state index contributed by atoms with van der Waals surface area (Å²) in [4.78, 5) is 7.79. The zero-order chi connectivity index (χ0) is 16.7. The van der Waals surface area contributed by atoms with Crippen molar-refractivity contribution in [3.8, 4) is 22.6 Å². The summed E-state index contributed by atoms with van der Waals surface area (Å²) in [5.74, 6) is -0.542. The fraction of sp³-hybridized carbons (Fsp3) is 0.176. The summed E-state index contributed by atoms with van der Waals surface area (Å²) in [7, 11) is 0. The number of hydrogen-bond donors (Lipinski definition) is 3. The van der Waals surface area contributed by atoms with E-state index in [0.717, 1.165) is 0 Å². The Morgan fingerprint density at radius 2 is 1.65 bits per heavy atom. The Bertz CT molecular complexity index is 887. The molecule has 0 bridgehead atoms. The summed E-state index contributed by atoms with van der Waals surface area (Å²) < 4.78 is 14.2. The maximum Gasteiger partial charge on any atom is 0.220 e. The van der Waals surface area contributed by atoms with Crippen molar-refractivity contribution in [1.82, 2.24) is 9.97 Å². The van der Waals surface area contributed by atoms with Gasteiger partial charge < -0.3 is 15.9 Å². The van der Waals surface area contributed by atoms with Crippen LogP contribution in [0.25, 0.3) is 22.0 Å². The van der Waals surface area contributed by atoms with E-state index in [1.807, 2.05) is 13.8 Å². The number of rotatable bonds is 2. The summed E-state index contributed by atoms with van der Waals surface area (Å²) in [5.41, 5.74) is 7.33. The number of halogens is 1. The molecule has 23 heavy (non-hydrogen) atoms. The van der Waals surface area contributed by atoms with Crippen molar-refractivity contribution in [1.29, 1.82) is 0 Å². The molecule has 0 aliphatic heterocycles. The molecule has 0 amide bonds. The Kier molecular flexibility index (Phi) is 3.52. The summed E-state index contributed by atoms with van der Waals surface area (Å²) in [6.45, 7) is 3.73. The van der Waals surface area contributed by atoms with Crippen LogP contribution in [0.15, 0.2) is 30.5 Å². The monoisotopic (exact) mass is 313 g/mol. The first-order valence-electron chi connectivity index (χ1n) is 7.15. The maximum atomic E-state index is 14.2. The second-order valence-corrected chi connectivity index (χ2v) is 5.70. The van der Waals surface area contributed by atoms with Gasteiger partial charge >= 0.3 is 0 Å². The average Bonchev–Trinajstić information content (AvgIpc) is 2.45. The second kappa shape index (κ2) is 5.39. The van der Waals surface area contributed by atoms with Gasteiger partial charge in [0.15, 0.2) is 0 Å². The van der Waals surface area contributed by atoms with Crippen LogP contribution in [0, 0.1) is 5.82 Å². The Hall–Kier alpha value is -2.89. The van der Waals surface area contributed by atoms with Crippen molar-refractivity contribution in [2.45, 2.75) is 19.8 Å². The lowest BCUT2D eigenvalue weighted by Crippen LogP contribution is -1.96. The van der Waals surface area contributed by atoms with Crippen LogP contribution in [0.2, 0.25) is 0 Å². The molecule has 0 atom stereocenters. The van der Waals surface area contributed by atoms with Gasteiger partial charge in [-0.05, 0) is 41.3 Å². The zero-order valence-electron chi connectivity index (χ0n) is 12.7. The van der Waals surface area contributed by atoms with E-state index in [2.05, 4.69) is 9.97 Å². The lowest BCUT2D eigenvalue weighted by Gasteiger charge is -2.13. The average molecular weight is 313 g/mol. The number of nitrogen functional groups attached to an aromatic ring is 1. The van der Waals surface area contributed by atoms with E-state index in [9.17, 15) is 14.6 Å². The topological polar surface area (TPSA) is 92.3 Å². The SMILES string of the molecule is CC(C)c1c(O)cc(-c2cc(F)c3cnc(N)nc3c2)cc1O. The number of fused-ring (bicyclic) bond motifs is 1. The number of phenols is 2. The van der Waals surface area contributed by atoms with Crippen LogP contribution in [-0.2, 0) is 0 Å². The summed E-state index contributed by atoms with van der Waals surface area (Å²) >= 11 is 0. The normalized spacial score (nSPS) is 11.3. The molecule has 1 heterocycles. The first-order chi connectivity index (χ1) is 10.9. The molecule has 0 radical (unpaired) electrons. The van der Waals surface area contributed by atoms with Gasteiger partial charge in [-0.2, -0.15) is 0 Å². The Balaban J connectivity index is 2.21. The summed E-state index contributed by atoms with van der Waals surface area (Å²) in [6, 6.07) is 5.95. The predicted octanol–water partition coefficient (Wildman–Crippen LogP) is 3.55. The highest BCUT2D eigenvalue weighted by Gasteiger charge is 2.15. The van der Waals surface area contributed by atoms with Crippen molar-refractivity contribution in [2.24, 2.45) is 0 Å². The number of nitrogens with two attached hydrogens (primary N) is 1. The van der Waals surface area contributed by atoms with Crippen molar-refractivity contribution >= 4 is 16.9 Å². The van der Waals surface area contributed by atoms with Gasteiger partial charge in [0.1, 0.15) is 17.3 Å². The van der Waals surface area contributed by atoms with Crippen LogP contribution >= 0.6 is 0 Å². The van der Waals surface area contributed by atoms with Crippen molar-refractivity contribution in [2.75, 3.05) is 5.73 Å². The molecule has 2 aromatic carbocycles. The number of nitrogens with zero attached hydrogens (tertiary/aromatic N) is 2. The minimum Gasteiger partial charge on any atom is -0.507 e. The van der Waals surface area contributed by atoms with Crippen LogP contribution in [0.1, 0.15) is 25.3 Å². The zero-order valence-corrected chi connectivity index (χ0v) is 12.7. The van der Waals surface area contributed by atoms with Crippen molar-refractivity contribution < 1.29 is 14.6 Å². The van der Waals surface area contributed by atoms with Crippen LogP contribution in [0.3, 0.4) is 0 Å². The molecule has 6 heteroatoms. The van der Waals surface area contributed by atoms with E-state index < -0.39 is 5.82 Å². The highest BCUT2D eigenvalue weighted by molar-refractivity contribution is 5.85. The number of hydrogen-bond acceptors (Lipinski definition) is 5. The standard InChI is InChI=1S/C17H16FN3O2/c1-8(2)16-14(22)5-10(6-15(16)23)9-3-12(18)11-7-20-17(19)21-13(11)4-9/h3-8,22-23H,1-2H3,(H2,19,20,21). The van der Waals surface area contributed by atoms with Gasteiger partial charge in [0.05, 0.1) is 10.9 Å². The van der Waals surface area contributed by atoms with Gasteiger partial charge in [0.25, 0.3) is 0 Å². The molecule has 3 rings (SSSR count). The van der Waals surface area contributed by atoms with Crippen molar-refractivity contribution in [3.63, 3.8) is 0 Å². The third-order valence-corrected chi connectivity index (χ3v) is 3.72. The molecule has 0 saturated heterocycles. The molecule has 0 aliphatic carbocycles. The number of phenolic OH excluding ortho intramolecular Hbond substituents is 2. The molecule has 0 spiro atoms. The summed E-state index contributed by atoms with van der Waals surface area (Å²) in [6.07, 6.45) is 1.33. The predicted molar refractivity (Wildman–Crippen MR) is 86.8 cm³/mol. The van der Waals surface area contributed by atoms with Crippen LogP contribution in [0.5, 0.6) is 11.5 Å². The van der Waals surface area contributed by atoms with E-state index in [-0.39, 0.29) is 28.8 Å². The Labute approximate surface area is 132 Å². The van der Waals surface area contributed by atoms with Gasteiger partial charge in [-0.15, -0.1) is 0 Å². The number of aromatic nitrogens is 2.